The van der Waals surface area contributed by atoms with E-state index >= 15 is 0 Å². The number of rotatable bonds is 7. The van der Waals surface area contributed by atoms with Crippen LogP contribution in [-0.2, 0) is 16.1 Å². The molecule has 0 saturated heterocycles. The average Bonchev–Trinajstić information content (AvgIpc) is 2.70. The highest BCUT2D eigenvalue weighted by molar-refractivity contribution is 5.79. The van der Waals surface area contributed by atoms with Crippen LogP contribution in [0.3, 0.4) is 0 Å². The SMILES string of the molecule is C=CCC(C(=O)OC)c1ccc(OCc2ccc3ccccc3n2)cc1. The van der Waals surface area contributed by atoms with Crippen LogP contribution in [0.2, 0.25) is 0 Å². The van der Waals surface area contributed by atoms with Crippen molar-refractivity contribution >= 4 is 16.9 Å². The smallest absolute Gasteiger partial charge is 0.313 e. The molecule has 4 nitrogen and oxygen atoms in total. The van der Waals surface area contributed by atoms with Gasteiger partial charge in [-0.15, -0.1) is 6.58 Å². The Morgan fingerprint density at radius 1 is 1.12 bits per heavy atom. The van der Waals surface area contributed by atoms with Crippen molar-refractivity contribution in [3.63, 3.8) is 0 Å². The van der Waals surface area contributed by atoms with Crippen LogP contribution in [0.4, 0.5) is 0 Å². The summed E-state index contributed by atoms with van der Waals surface area (Å²) in [7, 11) is 1.40. The number of aromatic nitrogens is 1. The quantitative estimate of drug-likeness (QED) is 0.461. The monoisotopic (exact) mass is 347 g/mol. The highest BCUT2D eigenvalue weighted by Gasteiger charge is 2.19. The predicted molar refractivity (Wildman–Crippen MR) is 102 cm³/mol. The molecule has 0 N–H and O–H groups in total. The summed E-state index contributed by atoms with van der Waals surface area (Å²) in [6.45, 7) is 4.09. The molecule has 0 fully saturated rings. The Kier molecular flexibility index (Phi) is 5.64. The van der Waals surface area contributed by atoms with Crippen LogP contribution in [0.25, 0.3) is 10.9 Å². The molecule has 0 aliphatic carbocycles. The molecule has 0 aliphatic rings. The summed E-state index contributed by atoms with van der Waals surface area (Å²) in [5.41, 5.74) is 2.70. The van der Waals surface area contributed by atoms with Crippen molar-refractivity contribution in [3.05, 3.63) is 84.6 Å². The zero-order chi connectivity index (χ0) is 18.4. The van der Waals surface area contributed by atoms with Gasteiger partial charge >= 0.3 is 5.97 Å². The number of methoxy groups -OCH3 is 1. The van der Waals surface area contributed by atoms with Crippen LogP contribution in [-0.4, -0.2) is 18.1 Å². The maximum Gasteiger partial charge on any atom is 0.313 e. The van der Waals surface area contributed by atoms with Gasteiger partial charge in [0.1, 0.15) is 12.4 Å². The molecule has 0 bridgehead atoms. The normalized spacial score (nSPS) is 11.7. The van der Waals surface area contributed by atoms with Gasteiger partial charge in [-0.1, -0.05) is 42.5 Å². The number of nitrogens with zero attached hydrogens (tertiary/aromatic N) is 1. The van der Waals surface area contributed by atoms with E-state index < -0.39 is 0 Å². The second kappa shape index (κ2) is 8.30. The number of carbonyl (C=O) groups is 1. The second-order valence-electron chi connectivity index (χ2n) is 5.95. The van der Waals surface area contributed by atoms with Crippen molar-refractivity contribution in [1.82, 2.24) is 4.98 Å². The Labute approximate surface area is 153 Å². The molecular formula is C22H21NO3. The number of hydrogen-bond donors (Lipinski definition) is 0. The number of fused-ring (bicyclic) bond motifs is 1. The number of ether oxygens (including phenoxy) is 2. The first-order valence-electron chi connectivity index (χ1n) is 8.47. The fourth-order valence-electron chi connectivity index (χ4n) is 2.82. The van der Waals surface area contributed by atoms with Crippen molar-refractivity contribution in [2.45, 2.75) is 18.9 Å². The summed E-state index contributed by atoms with van der Waals surface area (Å²) in [5, 5.41) is 1.11. The molecule has 4 heteroatoms. The lowest BCUT2D eigenvalue weighted by atomic mass is 9.96. The first kappa shape index (κ1) is 17.7. The summed E-state index contributed by atoms with van der Waals surface area (Å²) < 4.78 is 10.7. The molecule has 3 aromatic rings. The highest BCUT2D eigenvalue weighted by Crippen LogP contribution is 2.24. The standard InChI is InChI=1S/C22H21NO3/c1-3-6-20(22(24)25-2)16-10-13-19(14-11-16)26-15-18-12-9-17-7-4-5-8-21(17)23-18/h3-5,7-14,20H,1,6,15H2,2H3. The molecule has 0 aliphatic heterocycles. The molecule has 3 rings (SSSR count). The third-order valence-corrected chi connectivity index (χ3v) is 4.21. The van der Waals surface area contributed by atoms with Gasteiger partial charge in [0, 0.05) is 5.39 Å². The number of esters is 1. The lowest BCUT2D eigenvalue weighted by Crippen LogP contribution is -2.13. The van der Waals surface area contributed by atoms with Crippen LogP contribution < -0.4 is 4.74 Å². The van der Waals surface area contributed by atoms with E-state index in [1.807, 2.05) is 60.7 Å². The Morgan fingerprint density at radius 3 is 2.62 bits per heavy atom. The maximum absolute atomic E-state index is 11.9. The van der Waals surface area contributed by atoms with E-state index in [0.29, 0.717) is 13.0 Å². The van der Waals surface area contributed by atoms with Crippen molar-refractivity contribution in [2.75, 3.05) is 7.11 Å². The Morgan fingerprint density at radius 2 is 1.88 bits per heavy atom. The topological polar surface area (TPSA) is 48.4 Å². The van der Waals surface area contributed by atoms with Gasteiger partial charge in [-0.2, -0.15) is 0 Å². The third-order valence-electron chi connectivity index (χ3n) is 4.21. The molecule has 2 aromatic carbocycles. The van der Waals surface area contributed by atoms with E-state index in [2.05, 4.69) is 11.6 Å². The minimum atomic E-state index is -0.339. The number of allylic oxidation sites excluding steroid dienone is 1. The molecule has 132 valence electrons. The van der Waals surface area contributed by atoms with Gasteiger partial charge in [0.05, 0.1) is 24.2 Å². The Balaban J connectivity index is 1.68. The van der Waals surface area contributed by atoms with Gasteiger partial charge < -0.3 is 9.47 Å². The van der Waals surface area contributed by atoms with E-state index in [-0.39, 0.29) is 11.9 Å². The van der Waals surface area contributed by atoms with Crippen LogP contribution >= 0.6 is 0 Å². The van der Waals surface area contributed by atoms with Gasteiger partial charge in [-0.3, -0.25) is 4.79 Å². The fraction of sp³-hybridized carbons (Fsp3) is 0.182. The largest absolute Gasteiger partial charge is 0.487 e. The molecule has 1 unspecified atom stereocenters. The highest BCUT2D eigenvalue weighted by atomic mass is 16.5. The number of para-hydroxylation sites is 1. The molecule has 0 spiro atoms. The molecule has 1 atom stereocenters. The number of benzene rings is 2. The number of hydrogen-bond acceptors (Lipinski definition) is 4. The Hall–Kier alpha value is -3.14. The van der Waals surface area contributed by atoms with Crippen LogP contribution in [0.15, 0.2) is 73.3 Å². The van der Waals surface area contributed by atoms with Crippen molar-refractivity contribution in [3.8, 4) is 5.75 Å². The second-order valence-corrected chi connectivity index (χ2v) is 5.95. The molecule has 0 saturated carbocycles. The average molecular weight is 347 g/mol. The first-order chi connectivity index (χ1) is 12.7. The number of pyridine rings is 1. The molecule has 0 amide bonds. The van der Waals surface area contributed by atoms with Crippen molar-refractivity contribution in [2.24, 2.45) is 0 Å². The molecule has 26 heavy (non-hydrogen) atoms. The summed E-state index contributed by atoms with van der Waals surface area (Å²) in [5.74, 6) is 0.124. The van der Waals surface area contributed by atoms with E-state index in [1.165, 1.54) is 7.11 Å². The van der Waals surface area contributed by atoms with Gasteiger partial charge in [0.15, 0.2) is 0 Å². The fourth-order valence-corrected chi connectivity index (χ4v) is 2.82. The summed E-state index contributed by atoms with van der Waals surface area (Å²) >= 11 is 0. The van der Waals surface area contributed by atoms with E-state index in [1.54, 1.807) is 6.08 Å². The van der Waals surface area contributed by atoms with Gasteiger partial charge in [-0.25, -0.2) is 4.98 Å². The van der Waals surface area contributed by atoms with Gasteiger partial charge in [0.25, 0.3) is 0 Å². The maximum atomic E-state index is 11.9. The zero-order valence-corrected chi connectivity index (χ0v) is 14.7. The minimum absolute atomic E-state index is 0.265. The Bertz CT molecular complexity index is 903. The summed E-state index contributed by atoms with van der Waals surface area (Å²) in [6.07, 6.45) is 2.26. The summed E-state index contributed by atoms with van der Waals surface area (Å²) in [6, 6.07) is 19.5. The lowest BCUT2D eigenvalue weighted by molar-refractivity contribution is -0.142. The van der Waals surface area contributed by atoms with Crippen LogP contribution in [0.5, 0.6) is 5.75 Å². The van der Waals surface area contributed by atoms with E-state index in [9.17, 15) is 4.79 Å². The molecule has 1 heterocycles. The predicted octanol–water partition coefficient (Wildman–Crippen LogP) is 4.65. The van der Waals surface area contributed by atoms with Crippen LogP contribution in [0, 0.1) is 0 Å². The first-order valence-corrected chi connectivity index (χ1v) is 8.47. The van der Waals surface area contributed by atoms with Gasteiger partial charge in [0.2, 0.25) is 0 Å². The number of carbonyl (C=O) groups excluding carboxylic acids is 1. The van der Waals surface area contributed by atoms with Crippen molar-refractivity contribution in [1.29, 1.82) is 0 Å². The van der Waals surface area contributed by atoms with E-state index in [0.717, 1.165) is 27.9 Å². The third kappa shape index (κ3) is 4.09. The zero-order valence-electron chi connectivity index (χ0n) is 14.7. The molecule has 1 aromatic heterocycles. The van der Waals surface area contributed by atoms with Crippen molar-refractivity contribution < 1.29 is 14.3 Å². The lowest BCUT2D eigenvalue weighted by Gasteiger charge is -2.14. The van der Waals surface area contributed by atoms with Crippen LogP contribution in [0.1, 0.15) is 23.6 Å². The minimum Gasteiger partial charge on any atom is -0.487 e. The van der Waals surface area contributed by atoms with Gasteiger partial charge in [-0.05, 0) is 36.2 Å². The molecule has 0 radical (unpaired) electrons. The molecular weight excluding hydrogens is 326 g/mol. The van der Waals surface area contributed by atoms with E-state index in [4.69, 9.17) is 9.47 Å². The summed E-state index contributed by atoms with van der Waals surface area (Å²) in [4.78, 5) is 16.5.